The summed E-state index contributed by atoms with van der Waals surface area (Å²) in [6.07, 6.45) is 6.81. The average molecular weight is 348 g/mol. The quantitative estimate of drug-likeness (QED) is 0.641. The summed E-state index contributed by atoms with van der Waals surface area (Å²) in [5.41, 5.74) is -0.238. The second-order valence-corrected chi connectivity index (χ2v) is 7.76. The Morgan fingerprint density at radius 3 is 2.76 bits per heavy atom. The number of piperidine rings is 1. The molecule has 0 bridgehead atoms. The number of aliphatic imine (C=N–C) groups is 1. The van der Waals surface area contributed by atoms with Gasteiger partial charge in [-0.15, -0.1) is 0 Å². The van der Waals surface area contributed by atoms with Crippen molar-refractivity contribution in [3.63, 3.8) is 0 Å². The fourth-order valence-electron chi connectivity index (χ4n) is 3.13. The van der Waals surface area contributed by atoms with Crippen molar-refractivity contribution in [2.75, 3.05) is 26.2 Å². The molecule has 1 fully saturated rings. The molecular formula is C18H32N6O. The van der Waals surface area contributed by atoms with Gasteiger partial charge in [0.2, 0.25) is 5.91 Å². The second kappa shape index (κ2) is 8.36. The Labute approximate surface area is 150 Å². The first-order valence-corrected chi connectivity index (χ1v) is 9.12. The van der Waals surface area contributed by atoms with Gasteiger partial charge in [0.1, 0.15) is 6.54 Å². The van der Waals surface area contributed by atoms with Crippen molar-refractivity contribution in [3.05, 3.63) is 18.7 Å². The first kappa shape index (κ1) is 19.3. The zero-order chi connectivity index (χ0) is 18.4. The van der Waals surface area contributed by atoms with Gasteiger partial charge in [0.25, 0.3) is 0 Å². The lowest BCUT2D eigenvalue weighted by Gasteiger charge is -2.39. The Morgan fingerprint density at radius 1 is 1.40 bits per heavy atom. The van der Waals surface area contributed by atoms with E-state index in [2.05, 4.69) is 37.0 Å². The van der Waals surface area contributed by atoms with E-state index in [-0.39, 0.29) is 18.0 Å². The summed E-state index contributed by atoms with van der Waals surface area (Å²) in [5, 5.41) is 6.28. The van der Waals surface area contributed by atoms with Crippen molar-refractivity contribution in [1.82, 2.24) is 25.1 Å². The van der Waals surface area contributed by atoms with Crippen molar-refractivity contribution in [1.29, 1.82) is 0 Å². The second-order valence-electron chi connectivity index (χ2n) is 7.76. The predicted molar refractivity (Wildman–Crippen MR) is 100 cm³/mol. The maximum Gasteiger partial charge on any atom is 0.242 e. The molecule has 2 N–H and O–H groups in total. The third kappa shape index (κ3) is 5.76. The van der Waals surface area contributed by atoms with Gasteiger partial charge in [0.15, 0.2) is 5.96 Å². The number of carbonyl (C=O) groups excluding carboxylic acids is 1. The monoisotopic (exact) mass is 348 g/mol. The third-order valence-corrected chi connectivity index (χ3v) is 4.35. The lowest BCUT2D eigenvalue weighted by Crippen LogP contribution is -2.49. The Morgan fingerprint density at radius 2 is 2.16 bits per heavy atom. The summed E-state index contributed by atoms with van der Waals surface area (Å²) in [7, 11) is 0. The molecule has 0 spiro atoms. The first-order valence-electron chi connectivity index (χ1n) is 9.12. The van der Waals surface area contributed by atoms with Crippen molar-refractivity contribution >= 4 is 11.9 Å². The third-order valence-electron chi connectivity index (χ3n) is 4.35. The van der Waals surface area contributed by atoms with Gasteiger partial charge in [-0.25, -0.2) is 9.98 Å². The van der Waals surface area contributed by atoms with Crippen LogP contribution in [0.1, 0.15) is 47.1 Å². The van der Waals surface area contributed by atoms with Crippen molar-refractivity contribution in [2.45, 2.75) is 52.6 Å². The van der Waals surface area contributed by atoms with Gasteiger partial charge < -0.3 is 20.1 Å². The summed E-state index contributed by atoms with van der Waals surface area (Å²) in [6.45, 7) is 13.0. The Bertz CT molecular complexity index is 575. The topological polar surface area (TPSA) is 74.6 Å². The highest BCUT2D eigenvalue weighted by atomic mass is 16.2. The minimum absolute atomic E-state index is 0.0561. The molecule has 2 rings (SSSR count). The van der Waals surface area contributed by atoms with Crippen LogP contribution in [-0.4, -0.2) is 58.0 Å². The van der Waals surface area contributed by atoms with Gasteiger partial charge in [-0.3, -0.25) is 4.79 Å². The lowest BCUT2D eigenvalue weighted by atomic mass is 9.93. The van der Waals surface area contributed by atoms with Crippen LogP contribution in [0.5, 0.6) is 0 Å². The van der Waals surface area contributed by atoms with Gasteiger partial charge in [-0.2, -0.15) is 0 Å². The van der Waals surface area contributed by atoms with Crippen molar-refractivity contribution < 1.29 is 4.79 Å². The van der Waals surface area contributed by atoms with E-state index in [4.69, 9.17) is 0 Å². The number of hydrogen-bond donors (Lipinski definition) is 2. The molecule has 2 unspecified atom stereocenters. The van der Waals surface area contributed by atoms with Crippen LogP contribution >= 0.6 is 0 Å². The molecule has 2 heterocycles. The minimum Gasteiger partial charge on any atom is -0.357 e. The summed E-state index contributed by atoms with van der Waals surface area (Å²) < 4.78 is 2.17. The molecule has 1 aliphatic heterocycles. The normalized spacial score (nSPS) is 22.0. The molecule has 140 valence electrons. The average Bonchev–Trinajstić information content (AvgIpc) is 3.04. The fraction of sp³-hybridized carbons (Fsp3) is 0.722. The van der Waals surface area contributed by atoms with E-state index in [0.717, 1.165) is 32.0 Å². The number of aromatic nitrogens is 2. The van der Waals surface area contributed by atoms with E-state index in [1.54, 1.807) is 0 Å². The molecule has 1 aromatic heterocycles. The highest BCUT2D eigenvalue weighted by Gasteiger charge is 2.29. The maximum absolute atomic E-state index is 12.1. The number of nitrogens with zero attached hydrogens (tertiary/aromatic N) is 4. The van der Waals surface area contributed by atoms with Crippen molar-refractivity contribution in [3.8, 4) is 0 Å². The molecule has 0 saturated carbocycles. The number of guanidine groups is 1. The summed E-state index contributed by atoms with van der Waals surface area (Å²) in [6, 6.07) is 0.364. The van der Waals surface area contributed by atoms with Crippen LogP contribution in [0, 0.1) is 5.92 Å². The number of likely N-dealkylation sites (tertiary alicyclic amines) is 1. The van der Waals surface area contributed by atoms with E-state index >= 15 is 0 Å². The standard InChI is InChI=1S/C18H32N6O/c1-6-20-17(21-11-16(25)22-18(3,4)5)23-9-7-14(2)15(12-23)24-10-8-19-13-24/h8,10,13-15H,6-7,9,11-12H2,1-5H3,(H,20,21)(H,22,25). The summed E-state index contributed by atoms with van der Waals surface area (Å²) >= 11 is 0. The molecule has 1 amide bonds. The van der Waals surface area contributed by atoms with E-state index in [0.29, 0.717) is 12.0 Å². The van der Waals surface area contributed by atoms with E-state index in [1.165, 1.54) is 0 Å². The predicted octanol–water partition coefficient (Wildman–Crippen LogP) is 1.65. The van der Waals surface area contributed by atoms with E-state index < -0.39 is 0 Å². The molecule has 0 radical (unpaired) electrons. The van der Waals surface area contributed by atoms with E-state index in [1.807, 2.05) is 46.4 Å². The molecule has 7 heteroatoms. The first-order chi connectivity index (χ1) is 11.8. The molecular weight excluding hydrogens is 316 g/mol. The minimum atomic E-state index is -0.238. The van der Waals surface area contributed by atoms with Crippen LogP contribution in [-0.2, 0) is 4.79 Å². The molecule has 0 aliphatic carbocycles. The van der Waals surface area contributed by atoms with Crippen LogP contribution in [0.3, 0.4) is 0 Å². The van der Waals surface area contributed by atoms with Crippen molar-refractivity contribution in [2.24, 2.45) is 10.9 Å². The van der Waals surface area contributed by atoms with Crippen LogP contribution in [0.2, 0.25) is 0 Å². The van der Waals surface area contributed by atoms with Crippen LogP contribution in [0.15, 0.2) is 23.7 Å². The smallest absolute Gasteiger partial charge is 0.242 e. The maximum atomic E-state index is 12.1. The molecule has 7 nitrogen and oxygen atoms in total. The van der Waals surface area contributed by atoms with Gasteiger partial charge in [-0.1, -0.05) is 6.92 Å². The Balaban J connectivity index is 2.05. The molecule has 1 aromatic rings. The van der Waals surface area contributed by atoms with Crippen LogP contribution in [0.25, 0.3) is 0 Å². The van der Waals surface area contributed by atoms with Gasteiger partial charge in [0, 0.05) is 37.6 Å². The van der Waals surface area contributed by atoms with Crippen LogP contribution < -0.4 is 10.6 Å². The molecule has 1 aliphatic rings. The number of imidazole rings is 1. The number of carbonyl (C=O) groups is 1. The number of hydrogen-bond acceptors (Lipinski definition) is 3. The van der Waals surface area contributed by atoms with Gasteiger partial charge in [-0.05, 0) is 40.0 Å². The number of amides is 1. The summed E-state index contributed by atoms with van der Waals surface area (Å²) in [4.78, 5) is 23.1. The SMILES string of the molecule is CCNC(=NCC(=O)NC(C)(C)C)N1CCC(C)C(n2ccnc2)C1. The largest absolute Gasteiger partial charge is 0.357 e. The Hall–Kier alpha value is -2.05. The molecule has 25 heavy (non-hydrogen) atoms. The Kier molecular flexibility index (Phi) is 6.45. The van der Waals surface area contributed by atoms with E-state index in [9.17, 15) is 4.79 Å². The molecule has 1 saturated heterocycles. The summed E-state index contributed by atoms with van der Waals surface area (Å²) in [5.74, 6) is 1.33. The number of nitrogens with one attached hydrogen (secondary N) is 2. The van der Waals surface area contributed by atoms with Gasteiger partial charge in [0.05, 0.1) is 12.4 Å². The van der Waals surface area contributed by atoms with Crippen LogP contribution in [0.4, 0.5) is 0 Å². The number of rotatable bonds is 4. The molecule has 2 atom stereocenters. The zero-order valence-electron chi connectivity index (χ0n) is 16.1. The fourth-order valence-corrected chi connectivity index (χ4v) is 3.13. The lowest BCUT2D eigenvalue weighted by molar-refractivity contribution is -0.121. The molecule has 0 aromatic carbocycles. The zero-order valence-corrected chi connectivity index (χ0v) is 16.1. The highest BCUT2D eigenvalue weighted by Crippen LogP contribution is 2.27. The van der Waals surface area contributed by atoms with Gasteiger partial charge >= 0.3 is 0 Å². The highest BCUT2D eigenvalue weighted by molar-refractivity contribution is 5.85.